The molecule has 0 spiro atoms. The fraction of sp³-hybridized carbons (Fsp3) is 0. The number of carbonyl (C=O) groups is 1. The van der Waals surface area contributed by atoms with E-state index in [1.54, 1.807) is 53.6 Å². The molecule has 1 heterocycles. The first-order chi connectivity index (χ1) is 12.1. The van der Waals surface area contributed by atoms with Gasteiger partial charge < -0.3 is 0 Å². The van der Waals surface area contributed by atoms with E-state index >= 15 is 0 Å². The number of hydrogen-bond acceptors (Lipinski definition) is 4. The summed E-state index contributed by atoms with van der Waals surface area (Å²) < 4.78 is 1.13. The maximum atomic E-state index is 11.9. The third kappa shape index (κ3) is 5.34. The minimum absolute atomic E-state index is 0.278. The molecule has 25 heavy (non-hydrogen) atoms. The van der Waals surface area contributed by atoms with Crippen molar-refractivity contribution in [2.75, 3.05) is 0 Å². The minimum atomic E-state index is -0.278. The lowest BCUT2D eigenvalue weighted by atomic mass is 10.2. The van der Waals surface area contributed by atoms with E-state index in [0.717, 1.165) is 19.0 Å². The Morgan fingerprint density at radius 3 is 2.28 bits per heavy atom. The standard InChI is InChI=1S/C18H12Cl2N2OS2/c19-13-3-1-12(2-4-13)18(23)22-21-11-16-9-10-17(25-16)24-15-7-5-14(20)6-8-15/h1-11H,(H,22,23)/b21-11-. The average molecular weight is 407 g/mol. The predicted molar refractivity (Wildman–Crippen MR) is 106 cm³/mol. The molecule has 7 heteroatoms. The van der Waals surface area contributed by atoms with Crippen LogP contribution in [0, 0.1) is 0 Å². The van der Waals surface area contributed by atoms with E-state index in [9.17, 15) is 4.79 Å². The molecule has 3 aromatic rings. The van der Waals surface area contributed by atoms with E-state index < -0.39 is 0 Å². The van der Waals surface area contributed by atoms with Crippen molar-refractivity contribution >= 4 is 58.4 Å². The van der Waals surface area contributed by atoms with Crippen molar-refractivity contribution in [1.29, 1.82) is 0 Å². The van der Waals surface area contributed by atoms with Crippen molar-refractivity contribution < 1.29 is 4.79 Å². The van der Waals surface area contributed by atoms with Crippen LogP contribution >= 0.6 is 46.3 Å². The Kier molecular flexibility index (Phi) is 6.15. The van der Waals surface area contributed by atoms with Gasteiger partial charge in [0.2, 0.25) is 0 Å². The molecule has 1 aromatic heterocycles. The van der Waals surface area contributed by atoms with E-state index in [1.165, 1.54) is 0 Å². The number of halogens is 2. The van der Waals surface area contributed by atoms with Crippen LogP contribution in [-0.2, 0) is 0 Å². The summed E-state index contributed by atoms with van der Waals surface area (Å²) in [6.07, 6.45) is 1.63. The van der Waals surface area contributed by atoms with Gasteiger partial charge >= 0.3 is 0 Å². The molecule has 0 aliphatic carbocycles. The van der Waals surface area contributed by atoms with Gasteiger partial charge in [0.1, 0.15) is 0 Å². The summed E-state index contributed by atoms with van der Waals surface area (Å²) in [6.45, 7) is 0. The topological polar surface area (TPSA) is 41.5 Å². The highest BCUT2D eigenvalue weighted by Gasteiger charge is 2.04. The third-order valence-electron chi connectivity index (χ3n) is 3.10. The molecule has 2 aromatic carbocycles. The molecular weight excluding hydrogens is 395 g/mol. The van der Waals surface area contributed by atoms with Crippen molar-refractivity contribution in [3.8, 4) is 0 Å². The number of thiophene rings is 1. The van der Waals surface area contributed by atoms with Gasteiger partial charge in [-0.1, -0.05) is 35.0 Å². The number of hydrogen-bond donors (Lipinski definition) is 1. The summed E-state index contributed by atoms with van der Waals surface area (Å²) in [7, 11) is 0. The molecule has 0 saturated carbocycles. The smallest absolute Gasteiger partial charge is 0.267 e. The van der Waals surface area contributed by atoms with Gasteiger partial charge in [0.25, 0.3) is 5.91 Å². The molecule has 3 rings (SSSR count). The lowest BCUT2D eigenvalue weighted by Gasteiger charge is -1.99. The van der Waals surface area contributed by atoms with Crippen LogP contribution in [0.15, 0.2) is 74.9 Å². The quantitative estimate of drug-likeness (QED) is 0.418. The SMILES string of the molecule is O=C(N/N=C\c1ccc(Sc2ccc(Cl)cc2)s1)c1ccc(Cl)cc1. The number of benzene rings is 2. The second-order valence-electron chi connectivity index (χ2n) is 4.92. The highest BCUT2D eigenvalue weighted by atomic mass is 35.5. The summed E-state index contributed by atoms with van der Waals surface area (Å²) in [4.78, 5) is 14.0. The van der Waals surface area contributed by atoms with Gasteiger partial charge in [0, 0.05) is 25.4 Å². The Bertz CT molecular complexity index is 890. The molecule has 0 aliphatic heterocycles. The van der Waals surface area contributed by atoms with Crippen LogP contribution in [0.4, 0.5) is 0 Å². The molecular formula is C18H12Cl2N2OS2. The highest BCUT2D eigenvalue weighted by Crippen LogP contribution is 2.33. The molecule has 0 saturated heterocycles. The summed E-state index contributed by atoms with van der Waals surface area (Å²) in [5.74, 6) is -0.278. The Balaban J connectivity index is 1.57. The highest BCUT2D eigenvalue weighted by molar-refractivity contribution is 8.01. The van der Waals surface area contributed by atoms with Crippen molar-refractivity contribution in [3.63, 3.8) is 0 Å². The van der Waals surface area contributed by atoms with Crippen molar-refractivity contribution in [2.24, 2.45) is 5.10 Å². The Hall–Kier alpha value is -1.79. The molecule has 1 N–H and O–H groups in total. The maximum Gasteiger partial charge on any atom is 0.271 e. The summed E-state index contributed by atoms with van der Waals surface area (Å²) in [5.41, 5.74) is 3.01. The fourth-order valence-corrected chi connectivity index (χ4v) is 4.14. The fourth-order valence-electron chi connectivity index (χ4n) is 1.90. The number of amides is 1. The van der Waals surface area contributed by atoms with Gasteiger partial charge in [-0.25, -0.2) is 5.43 Å². The van der Waals surface area contributed by atoms with Gasteiger partial charge in [-0.05, 0) is 60.7 Å². The molecule has 3 nitrogen and oxygen atoms in total. The lowest BCUT2D eigenvalue weighted by Crippen LogP contribution is -2.17. The normalized spacial score (nSPS) is 11.0. The minimum Gasteiger partial charge on any atom is -0.267 e. The van der Waals surface area contributed by atoms with E-state index in [1.807, 2.05) is 36.4 Å². The molecule has 126 valence electrons. The monoisotopic (exact) mass is 406 g/mol. The summed E-state index contributed by atoms with van der Waals surface area (Å²) >= 11 is 14.9. The maximum absolute atomic E-state index is 11.9. The second kappa shape index (κ2) is 8.54. The van der Waals surface area contributed by atoms with E-state index in [2.05, 4.69) is 10.5 Å². The zero-order valence-electron chi connectivity index (χ0n) is 12.8. The third-order valence-corrected chi connectivity index (χ3v) is 5.76. The number of rotatable bonds is 5. The van der Waals surface area contributed by atoms with Crippen molar-refractivity contribution in [2.45, 2.75) is 9.10 Å². The van der Waals surface area contributed by atoms with Gasteiger partial charge in [-0.3, -0.25) is 4.79 Å². The number of nitrogens with one attached hydrogen (secondary N) is 1. The van der Waals surface area contributed by atoms with Crippen LogP contribution in [0.25, 0.3) is 0 Å². The Labute approximate surface area is 163 Å². The Morgan fingerprint density at radius 1 is 0.960 bits per heavy atom. The molecule has 0 unspecified atom stereocenters. The second-order valence-corrected chi connectivity index (χ2v) is 8.28. The molecule has 0 atom stereocenters. The molecule has 0 radical (unpaired) electrons. The van der Waals surface area contributed by atoms with Crippen LogP contribution in [-0.4, -0.2) is 12.1 Å². The molecule has 0 aliphatic rings. The molecule has 0 bridgehead atoms. The van der Waals surface area contributed by atoms with Gasteiger partial charge in [0.05, 0.1) is 10.4 Å². The predicted octanol–water partition coefficient (Wildman–Crippen LogP) is 5.97. The van der Waals surface area contributed by atoms with Crippen LogP contribution in [0.5, 0.6) is 0 Å². The van der Waals surface area contributed by atoms with Gasteiger partial charge in [-0.15, -0.1) is 11.3 Å². The largest absolute Gasteiger partial charge is 0.271 e. The zero-order valence-corrected chi connectivity index (χ0v) is 15.9. The van der Waals surface area contributed by atoms with Crippen molar-refractivity contribution in [1.82, 2.24) is 5.43 Å². The first-order valence-corrected chi connectivity index (χ1v) is 9.61. The summed E-state index contributed by atoms with van der Waals surface area (Å²) in [5, 5.41) is 5.31. The van der Waals surface area contributed by atoms with Crippen LogP contribution < -0.4 is 5.43 Å². The van der Waals surface area contributed by atoms with Crippen LogP contribution in [0.1, 0.15) is 15.2 Å². The number of carbonyl (C=O) groups excluding carboxylic acids is 1. The lowest BCUT2D eigenvalue weighted by molar-refractivity contribution is 0.0955. The average Bonchev–Trinajstić information content (AvgIpc) is 3.05. The summed E-state index contributed by atoms with van der Waals surface area (Å²) in [6, 6.07) is 18.3. The van der Waals surface area contributed by atoms with Gasteiger partial charge in [0.15, 0.2) is 0 Å². The zero-order chi connectivity index (χ0) is 17.6. The van der Waals surface area contributed by atoms with Gasteiger partial charge in [-0.2, -0.15) is 5.10 Å². The first-order valence-electron chi connectivity index (χ1n) is 7.22. The molecule has 0 fully saturated rings. The molecule has 1 amide bonds. The van der Waals surface area contributed by atoms with Crippen LogP contribution in [0.2, 0.25) is 10.0 Å². The van der Waals surface area contributed by atoms with Crippen LogP contribution in [0.3, 0.4) is 0 Å². The van der Waals surface area contributed by atoms with E-state index in [-0.39, 0.29) is 5.91 Å². The number of nitrogens with zero attached hydrogens (tertiary/aromatic N) is 1. The van der Waals surface area contributed by atoms with E-state index in [0.29, 0.717) is 10.6 Å². The van der Waals surface area contributed by atoms with Crippen molar-refractivity contribution in [3.05, 3.63) is 81.1 Å². The first kappa shape index (κ1) is 18.0. The number of hydrazone groups is 1. The van der Waals surface area contributed by atoms with E-state index in [4.69, 9.17) is 23.2 Å². The Morgan fingerprint density at radius 2 is 1.60 bits per heavy atom.